The zero-order valence-electron chi connectivity index (χ0n) is 22.4. The zero-order chi connectivity index (χ0) is 26.0. The Bertz CT molecular complexity index is 1390. The Kier molecular flexibility index (Phi) is 7.38. The van der Waals surface area contributed by atoms with Crippen molar-refractivity contribution in [3.05, 3.63) is 89.5 Å². The molecule has 2 nitrogen and oxygen atoms in total. The first kappa shape index (κ1) is 25.7. The summed E-state index contributed by atoms with van der Waals surface area (Å²) >= 11 is 0. The van der Waals surface area contributed by atoms with Crippen molar-refractivity contribution in [1.82, 2.24) is 0 Å². The third kappa shape index (κ3) is 4.59. The first-order valence-corrected chi connectivity index (χ1v) is 15.2. The van der Waals surface area contributed by atoms with Gasteiger partial charge in [-0.25, -0.2) is 0 Å². The van der Waals surface area contributed by atoms with Crippen LogP contribution in [-0.4, -0.2) is 13.9 Å². The van der Waals surface area contributed by atoms with Crippen LogP contribution in [0.1, 0.15) is 63.0 Å². The van der Waals surface area contributed by atoms with Crippen LogP contribution < -0.4 is 5.73 Å². The average Bonchev–Trinajstić information content (AvgIpc) is 2.85. The molecule has 36 heavy (non-hydrogen) atoms. The summed E-state index contributed by atoms with van der Waals surface area (Å²) in [7, 11) is -1.90. The van der Waals surface area contributed by atoms with E-state index in [4.69, 9.17) is 5.73 Å². The topological polar surface area (TPSA) is 43.1 Å². The quantitative estimate of drug-likeness (QED) is 0.0965. The SMILES string of the molecule is CC(C)[Si](C#Cc1c2ccccc2c(CC(=O)c2ccc(N)cc2)c2ccccc12)(C(C)C)C(C)C. The Labute approximate surface area is 216 Å². The molecule has 2 N–H and O–H groups in total. The van der Waals surface area contributed by atoms with Gasteiger partial charge in [0.25, 0.3) is 0 Å². The molecule has 0 spiro atoms. The summed E-state index contributed by atoms with van der Waals surface area (Å²) in [6.45, 7) is 14.1. The van der Waals surface area contributed by atoms with Gasteiger partial charge in [0.1, 0.15) is 8.07 Å². The van der Waals surface area contributed by atoms with E-state index in [1.807, 2.05) is 12.1 Å². The highest BCUT2D eigenvalue weighted by Crippen LogP contribution is 2.41. The Hall–Kier alpha value is -3.35. The Balaban J connectivity index is 1.96. The summed E-state index contributed by atoms with van der Waals surface area (Å²) < 4.78 is 0. The maximum atomic E-state index is 13.3. The second kappa shape index (κ2) is 10.3. The lowest BCUT2D eigenvalue weighted by molar-refractivity contribution is 0.0993. The molecule has 0 aliphatic rings. The van der Waals surface area contributed by atoms with Crippen LogP contribution in [0.15, 0.2) is 72.8 Å². The van der Waals surface area contributed by atoms with E-state index in [0.29, 0.717) is 34.3 Å². The van der Waals surface area contributed by atoms with Crippen molar-refractivity contribution in [2.75, 3.05) is 5.73 Å². The number of ketones is 1. The lowest BCUT2D eigenvalue weighted by Crippen LogP contribution is -2.43. The predicted octanol–water partition coefficient (Wildman–Crippen LogP) is 8.57. The van der Waals surface area contributed by atoms with Gasteiger partial charge in [-0.05, 0) is 68.0 Å². The summed E-state index contributed by atoms with van der Waals surface area (Å²) in [6.07, 6.45) is 0.335. The van der Waals surface area contributed by atoms with Crippen molar-refractivity contribution < 1.29 is 4.79 Å². The molecule has 0 aliphatic heterocycles. The number of hydrogen-bond acceptors (Lipinski definition) is 2. The van der Waals surface area contributed by atoms with Gasteiger partial charge < -0.3 is 5.73 Å². The van der Waals surface area contributed by atoms with Gasteiger partial charge in [0.15, 0.2) is 5.78 Å². The van der Waals surface area contributed by atoms with Crippen LogP contribution in [0.25, 0.3) is 21.5 Å². The highest BCUT2D eigenvalue weighted by Gasteiger charge is 2.41. The number of nitrogen functional groups attached to an aromatic ring is 1. The van der Waals surface area contributed by atoms with E-state index in [1.165, 1.54) is 0 Å². The number of hydrogen-bond donors (Lipinski definition) is 1. The maximum absolute atomic E-state index is 13.3. The zero-order valence-corrected chi connectivity index (χ0v) is 23.4. The number of carbonyl (C=O) groups excluding carboxylic acids is 1. The molecule has 0 bridgehead atoms. The molecule has 4 aromatic carbocycles. The number of anilines is 1. The number of benzene rings is 4. The summed E-state index contributed by atoms with van der Waals surface area (Å²) in [6, 6.07) is 24.1. The lowest BCUT2D eigenvalue weighted by atomic mass is 9.89. The second-order valence-corrected chi connectivity index (χ2v) is 16.4. The maximum Gasteiger partial charge on any atom is 0.167 e. The molecule has 0 amide bonds. The molecule has 0 aliphatic carbocycles. The van der Waals surface area contributed by atoms with Gasteiger partial charge in [0.05, 0.1) is 0 Å². The van der Waals surface area contributed by atoms with Crippen molar-refractivity contribution >= 4 is 41.1 Å². The fourth-order valence-corrected chi connectivity index (χ4v) is 11.3. The highest BCUT2D eigenvalue weighted by atomic mass is 28.3. The van der Waals surface area contributed by atoms with E-state index in [2.05, 4.69) is 102 Å². The molecule has 0 atom stereocenters. The monoisotopic (exact) mass is 491 g/mol. The molecular formula is C33H37NOSi. The van der Waals surface area contributed by atoms with Crippen molar-refractivity contribution in [3.63, 3.8) is 0 Å². The summed E-state index contributed by atoms with van der Waals surface area (Å²) in [4.78, 5) is 13.3. The third-order valence-corrected chi connectivity index (χ3v) is 14.2. The Morgan fingerprint density at radius 1 is 0.722 bits per heavy atom. The first-order valence-electron chi connectivity index (χ1n) is 13.0. The molecule has 4 rings (SSSR count). The van der Waals surface area contributed by atoms with Crippen LogP contribution in [0.3, 0.4) is 0 Å². The van der Waals surface area contributed by atoms with Gasteiger partial charge in [-0.15, -0.1) is 5.54 Å². The molecule has 0 unspecified atom stereocenters. The smallest absolute Gasteiger partial charge is 0.167 e. The fraction of sp³-hybridized carbons (Fsp3) is 0.303. The van der Waals surface area contributed by atoms with Gasteiger partial charge in [0, 0.05) is 23.2 Å². The normalized spacial score (nSPS) is 11.9. The molecule has 0 radical (unpaired) electrons. The van der Waals surface area contributed by atoms with E-state index < -0.39 is 8.07 Å². The molecule has 184 valence electrons. The number of fused-ring (bicyclic) bond motifs is 2. The number of Topliss-reactive ketones (excluding diaryl/α,β-unsaturated/α-hetero) is 1. The summed E-state index contributed by atoms with van der Waals surface area (Å²) in [5.41, 5.74) is 15.0. The van der Waals surface area contributed by atoms with Crippen molar-refractivity contribution in [1.29, 1.82) is 0 Å². The van der Waals surface area contributed by atoms with E-state index in [-0.39, 0.29) is 5.78 Å². The van der Waals surface area contributed by atoms with Crippen LogP contribution in [0.5, 0.6) is 0 Å². The van der Waals surface area contributed by atoms with Crippen LogP contribution >= 0.6 is 0 Å². The van der Waals surface area contributed by atoms with Gasteiger partial charge in [-0.2, -0.15) is 0 Å². The minimum Gasteiger partial charge on any atom is -0.399 e. The van der Waals surface area contributed by atoms with E-state index in [0.717, 1.165) is 32.7 Å². The molecule has 4 aromatic rings. The second-order valence-electron chi connectivity index (χ2n) is 10.8. The van der Waals surface area contributed by atoms with Gasteiger partial charge >= 0.3 is 0 Å². The van der Waals surface area contributed by atoms with Crippen LogP contribution in [0.2, 0.25) is 16.6 Å². The predicted molar refractivity (Wildman–Crippen MR) is 158 cm³/mol. The molecule has 3 heteroatoms. The van der Waals surface area contributed by atoms with E-state index in [1.54, 1.807) is 12.1 Å². The first-order chi connectivity index (χ1) is 17.2. The molecular weight excluding hydrogens is 454 g/mol. The Morgan fingerprint density at radius 2 is 1.17 bits per heavy atom. The minimum atomic E-state index is -1.90. The van der Waals surface area contributed by atoms with E-state index in [9.17, 15) is 4.79 Å². The molecule has 0 fully saturated rings. The Morgan fingerprint density at radius 3 is 1.61 bits per heavy atom. The standard InChI is InChI=1S/C33H37NOSi/c1-22(2)36(23(3)4,24(5)6)20-19-31-27-11-7-9-13-29(27)32(30-14-10-8-12-28(30)31)21-33(35)25-15-17-26(34)18-16-25/h7-18,22-24H,21,34H2,1-6H3. The minimum absolute atomic E-state index is 0.0926. The molecule has 0 aromatic heterocycles. The number of rotatable bonds is 6. The average molecular weight is 492 g/mol. The van der Waals surface area contributed by atoms with Crippen LogP contribution in [0, 0.1) is 11.5 Å². The largest absolute Gasteiger partial charge is 0.399 e. The van der Waals surface area contributed by atoms with Crippen LogP contribution in [-0.2, 0) is 6.42 Å². The fourth-order valence-electron chi connectivity index (χ4n) is 6.08. The van der Waals surface area contributed by atoms with E-state index >= 15 is 0 Å². The highest BCUT2D eigenvalue weighted by molar-refractivity contribution is 6.90. The van der Waals surface area contributed by atoms with Gasteiger partial charge in [-0.1, -0.05) is 96.0 Å². The molecule has 0 saturated heterocycles. The third-order valence-electron chi connectivity index (χ3n) is 7.88. The van der Waals surface area contributed by atoms with Crippen molar-refractivity contribution in [3.8, 4) is 11.5 Å². The molecule has 0 heterocycles. The lowest BCUT2D eigenvalue weighted by Gasteiger charge is -2.38. The molecule has 0 saturated carbocycles. The van der Waals surface area contributed by atoms with Gasteiger partial charge in [-0.3, -0.25) is 4.79 Å². The number of carbonyl (C=O) groups is 1. The van der Waals surface area contributed by atoms with Crippen LogP contribution in [0.4, 0.5) is 5.69 Å². The number of nitrogens with two attached hydrogens (primary N) is 1. The van der Waals surface area contributed by atoms with Gasteiger partial charge in [0.2, 0.25) is 0 Å². The van der Waals surface area contributed by atoms with Crippen molar-refractivity contribution in [2.24, 2.45) is 0 Å². The summed E-state index contributed by atoms with van der Waals surface area (Å²) in [5.74, 6) is 3.84. The van der Waals surface area contributed by atoms with Crippen molar-refractivity contribution in [2.45, 2.75) is 64.6 Å². The summed E-state index contributed by atoms with van der Waals surface area (Å²) in [5, 5.41) is 4.47.